The van der Waals surface area contributed by atoms with Crippen molar-refractivity contribution >= 4 is 17.4 Å². The number of Topliss-reactive ketones (excluding diaryl/α,β-unsaturated/α-hetero) is 1. The van der Waals surface area contributed by atoms with Crippen LogP contribution in [0.25, 0.3) is 11.3 Å². The van der Waals surface area contributed by atoms with Gasteiger partial charge in [-0.3, -0.25) is 9.48 Å². The number of aryl methyl sites for hydroxylation is 1. The van der Waals surface area contributed by atoms with Crippen LogP contribution >= 0.6 is 11.6 Å². The van der Waals surface area contributed by atoms with Gasteiger partial charge in [-0.25, -0.2) is 0 Å². The fraction of sp³-hybridized carbons (Fsp3) is 0.167. The molecule has 0 amide bonds. The molecule has 82 valence electrons. The van der Waals surface area contributed by atoms with E-state index in [1.807, 2.05) is 12.1 Å². The van der Waals surface area contributed by atoms with Crippen LogP contribution in [0.1, 0.15) is 17.4 Å². The molecule has 0 atom stereocenters. The lowest BCUT2D eigenvalue weighted by atomic mass is 10.1. The van der Waals surface area contributed by atoms with Crippen LogP contribution in [-0.4, -0.2) is 15.6 Å². The van der Waals surface area contributed by atoms with Crippen LogP contribution in [0.15, 0.2) is 30.3 Å². The van der Waals surface area contributed by atoms with E-state index in [1.165, 1.54) is 6.92 Å². The molecule has 1 heterocycles. The van der Waals surface area contributed by atoms with Gasteiger partial charge in [-0.1, -0.05) is 23.7 Å². The van der Waals surface area contributed by atoms with E-state index in [-0.39, 0.29) is 5.78 Å². The van der Waals surface area contributed by atoms with E-state index < -0.39 is 0 Å². The Morgan fingerprint density at radius 2 is 1.94 bits per heavy atom. The molecule has 3 nitrogen and oxygen atoms in total. The van der Waals surface area contributed by atoms with E-state index in [1.54, 1.807) is 29.9 Å². The second-order valence-electron chi connectivity index (χ2n) is 3.60. The molecule has 1 aromatic heterocycles. The molecular weight excluding hydrogens is 224 g/mol. The van der Waals surface area contributed by atoms with Crippen molar-refractivity contribution in [1.29, 1.82) is 0 Å². The maximum atomic E-state index is 11.3. The van der Waals surface area contributed by atoms with Crippen molar-refractivity contribution in [1.82, 2.24) is 9.78 Å². The van der Waals surface area contributed by atoms with Crippen LogP contribution in [0.4, 0.5) is 0 Å². The zero-order valence-corrected chi connectivity index (χ0v) is 9.82. The Morgan fingerprint density at radius 3 is 2.44 bits per heavy atom. The lowest BCUT2D eigenvalue weighted by Crippen LogP contribution is -2.02. The van der Waals surface area contributed by atoms with Crippen LogP contribution in [0.5, 0.6) is 0 Å². The predicted octanol–water partition coefficient (Wildman–Crippen LogP) is 2.94. The van der Waals surface area contributed by atoms with Crippen molar-refractivity contribution in [2.24, 2.45) is 7.05 Å². The highest BCUT2D eigenvalue weighted by Gasteiger charge is 2.10. The summed E-state index contributed by atoms with van der Waals surface area (Å²) in [6.45, 7) is 1.53. The number of carbonyl (C=O) groups excluding carboxylic acids is 1. The zero-order chi connectivity index (χ0) is 11.7. The molecule has 2 aromatic rings. The largest absolute Gasteiger partial charge is 0.293 e. The Balaban J connectivity index is 2.45. The number of carbonyl (C=O) groups is 1. The molecule has 4 heteroatoms. The predicted molar refractivity (Wildman–Crippen MR) is 63.7 cm³/mol. The van der Waals surface area contributed by atoms with Crippen LogP contribution in [0, 0.1) is 0 Å². The third kappa shape index (κ3) is 1.99. The Labute approximate surface area is 98.7 Å². The van der Waals surface area contributed by atoms with Gasteiger partial charge in [0.25, 0.3) is 0 Å². The minimum Gasteiger partial charge on any atom is -0.293 e. The lowest BCUT2D eigenvalue weighted by molar-refractivity contribution is 0.100. The number of nitrogens with zero attached hydrogens (tertiary/aromatic N) is 2. The van der Waals surface area contributed by atoms with Crippen LogP contribution in [0.2, 0.25) is 5.02 Å². The molecule has 0 radical (unpaired) electrons. The summed E-state index contributed by atoms with van der Waals surface area (Å²) < 4.78 is 1.59. The molecule has 0 spiro atoms. The number of benzene rings is 1. The highest BCUT2D eigenvalue weighted by molar-refractivity contribution is 6.30. The molecule has 0 aliphatic heterocycles. The molecule has 0 bridgehead atoms. The standard InChI is InChI=1S/C12H11ClN2O/c1-8(16)12-7-11(14-15(12)2)9-3-5-10(13)6-4-9/h3-7H,1-2H3. The fourth-order valence-corrected chi connectivity index (χ4v) is 1.68. The molecule has 0 saturated carbocycles. The summed E-state index contributed by atoms with van der Waals surface area (Å²) in [6.07, 6.45) is 0. The molecular formula is C12H11ClN2O. The molecule has 0 aliphatic rings. The topological polar surface area (TPSA) is 34.9 Å². The highest BCUT2D eigenvalue weighted by Crippen LogP contribution is 2.21. The Hall–Kier alpha value is -1.61. The van der Waals surface area contributed by atoms with Gasteiger partial charge in [0.2, 0.25) is 0 Å². The average Bonchev–Trinajstić information content (AvgIpc) is 2.61. The zero-order valence-electron chi connectivity index (χ0n) is 9.07. The quantitative estimate of drug-likeness (QED) is 0.749. The Morgan fingerprint density at radius 1 is 1.31 bits per heavy atom. The van der Waals surface area contributed by atoms with Crippen molar-refractivity contribution in [3.63, 3.8) is 0 Å². The SMILES string of the molecule is CC(=O)c1cc(-c2ccc(Cl)cc2)nn1C. The summed E-state index contributed by atoms with van der Waals surface area (Å²) in [5, 5.41) is 4.97. The van der Waals surface area contributed by atoms with Gasteiger partial charge in [-0.05, 0) is 18.2 Å². The number of aromatic nitrogens is 2. The van der Waals surface area contributed by atoms with Gasteiger partial charge in [0.1, 0.15) is 5.69 Å². The minimum absolute atomic E-state index is 0.00946. The van der Waals surface area contributed by atoms with E-state index in [4.69, 9.17) is 11.6 Å². The highest BCUT2D eigenvalue weighted by atomic mass is 35.5. The van der Waals surface area contributed by atoms with E-state index in [2.05, 4.69) is 5.10 Å². The molecule has 0 saturated heterocycles. The van der Waals surface area contributed by atoms with E-state index in [0.29, 0.717) is 10.7 Å². The first kappa shape index (κ1) is 10.9. The van der Waals surface area contributed by atoms with E-state index >= 15 is 0 Å². The van der Waals surface area contributed by atoms with Gasteiger partial charge in [0.15, 0.2) is 5.78 Å². The smallest absolute Gasteiger partial charge is 0.177 e. The van der Waals surface area contributed by atoms with Crippen molar-refractivity contribution in [2.75, 3.05) is 0 Å². The maximum absolute atomic E-state index is 11.3. The third-order valence-corrected chi connectivity index (χ3v) is 2.63. The molecule has 0 unspecified atom stereocenters. The summed E-state index contributed by atoms with van der Waals surface area (Å²) in [7, 11) is 1.76. The van der Waals surface area contributed by atoms with Crippen LogP contribution in [-0.2, 0) is 7.05 Å². The number of halogens is 1. The number of ketones is 1. The van der Waals surface area contributed by atoms with Gasteiger partial charge in [-0.2, -0.15) is 5.10 Å². The summed E-state index contributed by atoms with van der Waals surface area (Å²) in [6, 6.07) is 9.16. The average molecular weight is 235 g/mol. The fourth-order valence-electron chi connectivity index (χ4n) is 1.56. The van der Waals surface area contributed by atoms with Gasteiger partial charge in [0, 0.05) is 24.6 Å². The normalized spacial score (nSPS) is 10.4. The second kappa shape index (κ2) is 4.10. The van der Waals surface area contributed by atoms with Crippen molar-refractivity contribution in [3.05, 3.63) is 41.0 Å². The summed E-state index contributed by atoms with van der Waals surface area (Å²) >= 11 is 5.81. The lowest BCUT2D eigenvalue weighted by Gasteiger charge is -1.95. The van der Waals surface area contributed by atoms with E-state index in [0.717, 1.165) is 11.3 Å². The molecule has 1 aromatic carbocycles. The van der Waals surface area contributed by atoms with Gasteiger partial charge in [-0.15, -0.1) is 0 Å². The third-order valence-electron chi connectivity index (χ3n) is 2.38. The maximum Gasteiger partial charge on any atom is 0.177 e. The number of hydrogen-bond acceptors (Lipinski definition) is 2. The molecule has 16 heavy (non-hydrogen) atoms. The number of hydrogen-bond donors (Lipinski definition) is 0. The molecule has 0 N–H and O–H groups in total. The Bertz CT molecular complexity index is 528. The monoisotopic (exact) mass is 234 g/mol. The second-order valence-corrected chi connectivity index (χ2v) is 4.04. The first-order valence-corrected chi connectivity index (χ1v) is 5.26. The van der Waals surface area contributed by atoms with Crippen molar-refractivity contribution in [3.8, 4) is 11.3 Å². The first-order valence-electron chi connectivity index (χ1n) is 4.89. The first-order chi connectivity index (χ1) is 7.58. The molecule has 2 rings (SSSR count). The van der Waals surface area contributed by atoms with Crippen molar-refractivity contribution in [2.45, 2.75) is 6.92 Å². The summed E-state index contributed by atoms with van der Waals surface area (Å²) in [4.78, 5) is 11.3. The van der Waals surface area contributed by atoms with Crippen LogP contribution < -0.4 is 0 Å². The number of rotatable bonds is 2. The van der Waals surface area contributed by atoms with Gasteiger partial charge >= 0.3 is 0 Å². The summed E-state index contributed by atoms with van der Waals surface area (Å²) in [5.74, 6) is 0.00946. The van der Waals surface area contributed by atoms with Gasteiger partial charge in [0.05, 0.1) is 5.69 Å². The summed E-state index contributed by atoms with van der Waals surface area (Å²) in [5.41, 5.74) is 2.34. The van der Waals surface area contributed by atoms with E-state index in [9.17, 15) is 4.79 Å². The van der Waals surface area contributed by atoms with Gasteiger partial charge < -0.3 is 0 Å². The van der Waals surface area contributed by atoms with Crippen molar-refractivity contribution < 1.29 is 4.79 Å². The minimum atomic E-state index is 0.00946. The molecule has 0 fully saturated rings. The molecule has 0 aliphatic carbocycles. The Kier molecular flexibility index (Phi) is 2.79. The van der Waals surface area contributed by atoms with Crippen LogP contribution in [0.3, 0.4) is 0 Å².